The van der Waals surface area contributed by atoms with Crippen molar-refractivity contribution in [2.45, 2.75) is 38.9 Å². The third-order valence-electron chi connectivity index (χ3n) is 2.67. The lowest BCUT2D eigenvalue weighted by molar-refractivity contribution is -0.125. The lowest BCUT2D eigenvalue weighted by Crippen LogP contribution is -2.30. The van der Waals surface area contributed by atoms with Gasteiger partial charge in [-0.05, 0) is 30.5 Å². The molecule has 1 nitrogen and oxygen atoms in total. The fourth-order valence-corrected chi connectivity index (χ4v) is 2.59. The maximum Gasteiger partial charge on any atom is 0.152 e. The van der Waals surface area contributed by atoms with Crippen LogP contribution in [0.15, 0.2) is 18.2 Å². The highest BCUT2D eigenvalue weighted by atomic mass is 79.9. The van der Waals surface area contributed by atoms with Gasteiger partial charge in [-0.15, -0.1) is 0 Å². The maximum absolute atomic E-state index is 13.4. The topological polar surface area (TPSA) is 17.1 Å². The minimum Gasteiger partial charge on any atom is -0.298 e. The van der Waals surface area contributed by atoms with E-state index in [0.29, 0.717) is 12.0 Å². The van der Waals surface area contributed by atoms with Crippen LogP contribution in [-0.4, -0.2) is 10.6 Å². The van der Waals surface area contributed by atoms with Gasteiger partial charge in [-0.1, -0.05) is 48.8 Å². The Balaban J connectivity index is 2.78. The van der Waals surface area contributed by atoms with Crippen molar-refractivity contribution >= 4 is 21.7 Å². The number of halogens is 2. The van der Waals surface area contributed by atoms with Crippen LogP contribution >= 0.6 is 15.9 Å². The van der Waals surface area contributed by atoms with E-state index in [9.17, 15) is 9.18 Å². The van der Waals surface area contributed by atoms with Gasteiger partial charge < -0.3 is 0 Å². The van der Waals surface area contributed by atoms with Gasteiger partial charge in [0, 0.05) is 5.41 Å². The van der Waals surface area contributed by atoms with Gasteiger partial charge in [0.15, 0.2) is 5.78 Å². The molecule has 0 bridgehead atoms. The second-order valence-corrected chi connectivity index (χ2v) is 6.47. The molecule has 1 rings (SSSR count). The Hall–Kier alpha value is -0.700. The molecule has 0 spiro atoms. The predicted molar refractivity (Wildman–Crippen MR) is 72.0 cm³/mol. The Morgan fingerprint density at radius 2 is 2.00 bits per heavy atom. The first kappa shape index (κ1) is 14.4. The number of benzene rings is 1. The standard InChI is InChI=1S/C14H18BrFO/c1-9-5-6-10(8-12(9)16)7-11(15)13(17)14(2,3)4/h5-6,8,11H,7H2,1-4H3. The summed E-state index contributed by atoms with van der Waals surface area (Å²) in [5.41, 5.74) is 1.09. The highest BCUT2D eigenvalue weighted by molar-refractivity contribution is 9.10. The molecular weight excluding hydrogens is 283 g/mol. The summed E-state index contributed by atoms with van der Waals surface area (Å²) in [6.07, 6.45) is 0.521. The van der Waals surface area contributed by atoms with Crippen molar-refractivity contribution < 1.29 is 9.18 Å². The number of Topliss-reactive ketones (excluding diaryl/α,β-unsaturated/α-hetero) is 1. The molecule has 3 heteroatoms. The molecule has 1 aromatic carbocycles. The highest BCUT2D eigenvalue weighted by Gasteiger charge is 2.27. The van der Waals surface area contributed by atoms with Crippen molar-refractivity contribution in [1.29, 1.82) is 0 Å². The Kier molecular flexibility index (Phi) is 4.48. The summed E-state index contributed by atoms with van der Waals surface area (Å²) in [4.78, 5) is 11.7. The summed E-state index contributed by atoms with van der Waals surface area (Å²) < 4.78 is 13.4. The Bertz CT molecular complexity index is 421. The van der Waals surface area contributed by atoms with E-state index in [1.54, 1.807) is 13.0 Å². The molecule has 94 valence electrons. The van der Waals surface area contributed by atoms with Gasteiger partial charge in [-0.2, -0.15) is 0 Å². The second-order valence-electron chi connectivity index (χ2n) is 5.37. The van der Waals surface area contributed by atoms with Crippen LogP contribution in [0, 0.1) is 18.2 Å². The lowest BCUT2D eigenvalue weighted by atomic mass is 9.87. The molecule has 0 amide bonds. The average Bonchev–Trinajstić information content (AvgIpc) is 2.21. The number of rotatable bonds is 3. The second kappa shape index (κ2) is 5.30. The van der Waals surface area contributed by atoms with E-state index in [-0.39, 0.29) is 21.8 Å². The highest BCUT2D eigenvalue weighted by Crippen LogP contribution is 2.23. The number of hydrogen-bond donors (Lipinski definition) is 0. The number of ketones is 1. The van der Waals surface area contributed by atoms with E-state index in [4.69, 9.17) is 0 Å². The van der Waals surface area contributed by atoms with Gasteiger partial charge in [-0.25, -0.2) is 4.39 Å². The van der Waals surface area contributed by atoms with Crippen LogP contribution in [0.4, 0.5) is 4.39 Å². The number of carbonyl (C=O) groups is 1. The molecule has 0 heterocycles. The largest absolute Gasteiger partial charge is 0.298 e. The van der Waals surface area contributed by atoms with Crippen LogP contribution in [0.5, 0.6) is 0 Å². The predicted octanol–water partition coefficient (Wildman–Crippen LogP) is 4.06. The fraction of sp³-hybridized carbons (Fsp3) is 0.500. The number of aryl methyl sites for hydroxylation is 1. The molecule has 0 N–H and O–H groups in total. The van der Waals surface area contributed by atoms with Crippen LogP contribution in [0.3, 0.4) is 0 Å². The third kappa shape index (κ3) is 3.91. The van der Waals surface area contributed by atoms with Gasteiger partial charge in [-0.3, -0.25) is 4.79 Å². The van der Waals surface area contributed by atoms with E-state index >= 15 is 0 Å². The van der Waals surface area contributed by atoms with Gasteiger partial charge in [0.1, 0.15) is 5.82 Å². The first-order chi connectivity index (χ1) is 7.71. The molecule has 1 aromatic rings. The van der Waals surface area contributed by atoms with Gasteiger partial charge in [0.05, 0.1) is 4.83 Å². The molecule has 17 heavy (non-hydrogen) atoms. The van der Waals surface area contributed by atoms with Crippen LogP contribution < -0.4 is 0 Å². The van der Waals surface area contributed by atoms with Gasteiger partial charge >= 0.3 is 0 Å². The first-order valence-electron chi connectivity index (χ1n) is 5.65. The molecule has 0 aliphatic heterocycles. The zero-order chi connectivity index (χ0) is 13.2. The van der Waals surface area contributed by atoms with E-state index in [1.807, 2.05) is 26.8 Å². The zero-order valence-electron chi connectivity index (χ0n) is 10.7. The van der Waals surface area contributed by atoms with Gasteiger partial charge in [0.2, 0.25) is 0 Å². The third-order valence-corrected chi connectivity index (χ3v) is 3.41. The molecule has 0 radical (unpaired) electrons. The first-order valence-corrected chi connectivity index (χ1v) is 6.57. The Labute approximate surface area is 111 Å². The molecule has 0 aromatic heterocycles. The summed E-state index contributed by atoms with van der Waals surface area (Å²) in [6.45, 7) is 7.39. The normalized spacial score (nSPS) is 13.5. The summed E-state index contributed by atoms with van der Waals surface area (Å²) in [7, 11) is 0. The monoisotopic (exact) mass is 300 g/mol. The minimum atomic E-state index is -0.378. The molecule has 1 unspecified atom stereocenters. The van der Waals surface area contributed by atoms with Crippen molar-refractivity contribution in [1.82, 2.24) is 0 Å². The molecule has 0 aliphatic rings. The molecule has 0 fully saturated rings. The van der Waals surface area contributed by atoms with Crippen LogP contribution in [0.25, 0.3) is 0 Å². The lowest BCUT2D eigenvalue weighted by Gasteiger charge is -2.20. The van der Waals surface area contributed by atoms with Crippen molar-refractivity contribution in [3.63, 3.8) is 0 Å². The van der Waals surface area contributed by atoms with E-state index in [1.165, 1.54) is 6.07 Å². The van der Waals surface area contributed by atoms with Crippen LogP contribution in [-0.2, 0) is 11.2 Å². The molecular formula is C14H18BrFO. The summed E-state index contributed by atoms with van der Waals surface area (Å²) in [5.74, 6) is -0.0797. The Morgan fingerprint density at radius 1 is 1.41 bits per heavy atom. The zero-order valence-corrected chi connectivity index (χ0v) is 12.3. The molecule has 0 saturated heterocycles. The van der Waals surface area contributed by atoms with Crippen molar-refractivity contribution in [3.8, 4) is 0 Å². The minimum absolute atomic E-state index is 0.137. The van der Waals surface area contributed by atoms with Crippen LogP contribution in [0.1, 0.15) is 31.9 Å². The molecule has 0 saturated carbocycles. The molecule has 0 aliphatic carbocycles. The smallest absolute Gasteiger partial charge is 0.152 e. The van der Waals surface area contributed by atoms with Crippen LogP contribution in [0.2, 0.25) is 0 Å². The van der Waals surface area contributed by atoms with Crippen molar-refractivity contribution in [3.05, 3.63) is 35.1 Å². The number of hydrogen-bond acceptors (Lipinski definition) is 1. The van der Waals surface area contributed by atoms with E-state index < -0.39 is 0 Å². The van der Waals surface area contributed by atoms with E-state index in [0.717, 1.165) is 5.56 Å². The van der Waals surface area contributed by atoms with Crippen molar-refractivity contribution in [2.75, 3.05) is 0 Å². The van der Waals surface area contributed by atoms with Crippen molar-refractivity contribution in [2.24, 2.45) is 5.41 Å². The number of alkyl halides is 1. The van der Waals surface area contributed by atoms with E-state index in [2.05, 4.69) is 15.9 Å². The summed E-state index contributed by atoms with van der Waals surface area (Å²) in [5, 5.41) is 0. The fourth-order valence-electron chi connectivity index (χ4n) is 1.53. The summed E-state index contributed by atoms with van der Waals surface area (Å²) >= 11 is 3.39. The maximum atomic E-state index is 13.4. The van der Waals surface area contributed by atoms with Gasteiger partial charge in [0.25, 0.3) is 0 Å². The average molecular weight is 301 g/mol. The quantitative estimate of drug-likeness (QED) is 0.770. The molecule has 1 atom stereocenters. The summed E-state index contributed by atoms with van der Waals surface area (Å²) in [6, 6.07) is 5.11. The Morgan fingerprint density at radius 3 is 2.47 bits per heavy atom. The number of carbonyl (C=O) groups excluding carboxylic acids is 1. The SMILES string of the molecule is Cc1ccc(CC(Br)C(=O)C(C)(C)C)cc1F.